The molecule has 0 fully saturated rings. The molecule has 0 radical (unpaired) electrons. The van der Waals surface area contributed by atoms with E-state index in [1.165, 1.54) is 6.42 Å². The molecule has 80 valence electrons. The second-order valence-corrected chi connectivity index (χ2v) is 3.88. The largest absolute Gasteiger partial charge is 0.311 e. The van der Waals surface area contributed by atoms with Gasteiger partial charge in [0.2, 0.25) is 0 Å². The van der Waals surface area contributed by atoms with E-state index in [2.05, 4.69) is 40.6 Å². The van der Waals surface area contributed by atoms with Gasteiger partial charge >= 0.3 is 0 Å². The van der Waals surface area contributed by atoms with Crippen LogP contribution in [-0.2, 0) is 6.54 Å². The van der Waals surface area contributed by atoms with Gasteiger partial charge in [0.1, 0.15) is 0 Å². The minimum absolute atomic E-state index is 0.859. The number of aryl methyl sites for hydroxylation is 1. The number of hydrogen-bond donors (Lipinski definition) is 2. The van der Waals surface area contributed by atoms with Crippen LogP contribution in [-0.4, -0.2) is 42.3 Å². The van der Waals surface area contributed by atoms with Crippen molar-refractivity contribution in [1.29, 1.82) is 0 Å². The van der Waals surface area contributed by atoms with E-state index < -0.39 is 0 Å². The molecule has 0 amide bonds. The Morgan fingerprint density at radius 1 is 1.50 bits per heavy atom. The zero-order valence-electron chi connectivity index (χ0n) is 9.30. The molecule has 14 heavy (non-hydrogen) atoms. The zero-order chi connectivity index (χ0) is 10.4. The molecule has 2 N–H and O–H groups in total. The maximum absolute atomic E-state index is 4.15. The number of hydrogen-bond acceptors (Lipinski definition) is 3. The molecule has 1 aromatic rings. The van der Waals surface area contributed by atoms with Crippen molar-refractivity contribution in [3.05, 3.63) is 17.5 Å². The summed E-state index contributed by atoms with van der Waals surface area (Å²) >= 11 is 0. The maximum Gasteiger partial charge on any atom is 0.0762 e. The molecule has 0 aliphatic carbocycles. The smallest absolute Gasteiger partial charge is 0.0762 e. The molecule has 0 saturated carbocycles. The average molecular weight is 196 g/mol. The fourth-order valence-electron chi connectivity index (χ4n) is 1.30. The molecular weight excluding hydrogens is 176 g/mol. The molecule has 1 rings (SSSR count). The lowest BCUT2D eigenvalue weighted by Gasteiger charge is -2.08. The van der Waals surface area contributed by atoms with E-state index >= 15 is 0 Å². The van der Waals surface area contributed by atoms with Gasteiger partial charge in [-0.3, -0.25) is 5.10 Å². The summed E-state index contributed by atoms with van der Waals surface area (Å²) < 4.78 is 0. The minimum Gasteiger partial charge on any atom is -0.311 e. The number of aromatic nitrogens is 2. The van der Waals surface area contributed by atoms with Crippen LogP contribution in [0.25, 0.3) is 0 Å². The number of nitrogens with one attached hydrogen (secondary N) is 2. The minimum atomic E-state index is 0.859. The first-order valence-electron chi connectivity index (χ1n) is 5.05. The molecule has 0 aliphatic heterocycles. The number of nitrogens with zero attached hydrogens (tertiary/aromatic N) is 2. The predicted octanol–water partition coefficient (Wildman–Crippen LogP) is 0.759. The van der Waals surface area contributed by atoms with Crippen LogP contribution in [0.3, 0.4) is 0 Å². The van der Waals surface area contributed by atoms with E-state index in [9.17, 15) is 0 Å². The SMILES string of the molecule is Cc1cc(CNCCCN(C)C)n[nH]1. The van der Waals surface area contributed by atoms with Gasteiger partial charge in [-0.05, 0) is 46.6 Å². The molecule has 0 unspecified atom stereocenters. The first kappa shape index (κ1) is 11.2. The lowest BCUT2D eigenvalue weighted by Crippen LogP contribution is -2.21. The topological polar surface area (TPSA) is 44.0 Å². The average Bonchev–Trinajstić information content (AvgIpc) is 2.50. The fourth-order valence-corrected chi connectivity index (χ4v) is 1.30. The first-order chi connectivity index (χ1) is 6.68. The second kappa shape index (κ2) is 5.78. The Morgan fingerprint density at radius 2 is 2.29 bits per heavy atom. The van der Waals surface area contributed by atoms with Gasteiger partial charge in [0.05, 0.1) is 5.69 Å². The van der Waals surface area contributed by atoms with Crippen molar-refractivity contribution in [1.82, 2.24) is 20.4 Å². The lowest BCUT2D eigenvalue weighted by atomic mass is 10.3. The van der Waals surface area contributed by atoms with Gasteiger partial charge in [-0.25, -0.2) is 0 Å². The highest BCUT2D eigenvalue weighted by Gasteiger charge is 1.96. The van der Waals surface area contributed by atoms with Gasteiger partial charge in [0.25, 0.3) is 0 Å². The van der Waals surface area contributed by atoms with E-state index in [4.69, 9.17) is 0 Å². The fraction of sp³-hybridized carbons (Fsp3) is 0.700. The quantitative estimate of drug-likeness (QED) is 0.660. The van der Waals surface area contributed by atoms with E-state index in [-0.39, 0.29) is 0 Å². The Bertz CT molecular complexity index is 254. The molecule has 0 atom stereocenters. The summed E-state index contributed by atoms with van der Waals surface area (Å²) in [6.07, 6.45) is 1.18. The lowest BCUT2D eigenvalue weighted by molar-refractivity contribution is 0.394. The highest BCUT2D eigenvalue weighted by Crippen LogP contribution is 1.96. The Hall–Kier alpha value is -0.870. The van der Waals surface area contributed by atoms with Gasteiger partial charge in [-0.2, -0.15) is 5.10 Å². The van der Waals surface area contributed by atoms with Crippen molar-refractivity contribution in [3.8, 4) is 0 Å². The van der Waals surface area contributed by atoms with Crippen molar-refractivity contribution in [2.45, 2.75) is 19.9 Å². The molecular formula is C10H20N4. The van der Waals surface area contributed by atoms with Gasteiger partial charge in [0, 0.05) is 12.2 Å². The molecule has 0 saturated heterocycles. The van der Waals surface area contributed by atoms with Crippen molar-refractivity contribution in [2.24, 2.45) is 0 Å². The summed E-state index contributed by atoms with van der Waals surface area (Å²) in [7, 11) is 4.19. The van der Waals surface area contributed by atoms with Gasteiger partial charge in [-0.1, -0.05) is 0 Å². The number of rotatable bonds is 6. The highest BCUT2D eigenvalue weighted by molar-refractivity contribution is 5.05. The number of H-pyrrole nitrogens is 1. The van der Waals surface area contributed by atoms with Crippen LogP contribution in [0.1, 0.15) is 17.8 Å². The third-order valence-corrected chi connectivity index (χ3v) is 2.02. The zero-order valence-corrected chi connectivity index (χ0v) is 9.30. The third-order valence-electron chi connectivity index (χ3n) is 2.02. The van der Waals surface area contributed by atoms with Gasteiger partial charge < -0.3 is 10.2 Å². The molecule has 1 heterocycles. The highest BCUT2D eigenvalue weighted by atomic mass is 15.1. The van der Waals surface area contributed by atoms with Crippen LogP contribution in [0, 0.1) is 6.92 Å². The van der Waals surface area contributed by atoms with E-state index in [0.29, 0.717) is 0 Å². The Labute approximate surface area is 85.7 Å². The van der Waals surface area contributed by atoms with Crippen LogP contribution in [0.15, 0.2) is 6.07 Å². The van der Waals surface area contributed by atoms with Gasteiger partial charge in [-0.15, -0.1) is 0 Å². The van der Waals surface area contributed by atoms with Crippen LogP contribution in [0.4, 0.5) is 0 Å². The Kier molecular flexibility index (Phi) is 4.62. The Balaban J connectivity index is 2.04. The van der Waals surface area contributed by atoms with Crippen LogP contribution < -0.4 is 5.32 Å². The molecule has 0 aliphatic rings. The summed E-state index contributed by atoms with van der Waals surface area (Å²) in [5.41, 5.74) is 2.21. The summed E-state index contributed by atoms with van der Waals surface area (Å²) in [5.74, 6) is 0. The molecule has 0 bridgehead atoms. The molecule has 0 spiro atoms. The molecule has 4 nitrogen and oxygen atoms in total. The first-order valence-corrected chi connectivity index (χ1v) is 5.05. The summed E-state index contributed by atoms with van der Waals surface area (Å²) in [4.78, 5) is 2.19. The molecule has 0 aromatic carbocycles. The van der Waals surface area contributed by atoms with Crippen LogP contribution in [0.5, 0.6) is 0 Å². The monoisotopic (exact) mass is 196 g/mol. The Morgan fingerprint density at radius 3 is 2.86 bits per heavy atom. The van der Waals surface area contributed by atoms with E-state index in [1.807, 2.05) is 6.92 Å². The van der Waals surface area contributed by atoms with E-state index in [0.717, 1.165) is 31.0 Å². The van der Waals surface area contributed by atoms with Crippen molar-refractivity contribution < 1.29 is 0 Å². The molecule has 4 heteroatoms. The van der Waals surface area contributed by atoms with Gasteiger partial charge in [0.15, 0.2) is 0 Å². The molecule has 1 aromatic heterocycles. The normalized spacial score (nSPS) is 11.1. The standard InChI is InChI=1S/C10H20N4/c1-9-7-10(13-12-9)8-11-5-4-6-14(2)3/h7,11H,4-6,8H2,1-3H3,(H,12,13). The summed E-state index contributed by atoms with van der Waals surface area (Å²) in [6, 6.07) is 2.07. The van der Waals surface area contributed by atoms with Crippen molar-refractivity contribution in [3.63, 3.8) is 0 Å². The number of aromatic amines is 1. The summed E-state index contributed by atoms with van der Waals surface area (Å²) in [5, 5.41) is 10.4. The second-order valence-electron chi connectivity index (χ2n) is 3.88. The van der Waals surface area contributed by atoms with E-state index in [1.54, 1.807) is 0 Å². The van der Waals surface area contributed by atoms with Crippen molar-refractivity contribution >= 4 is 0 Å². The maximum atomic E-state index is 4.15. The third kappa shape index (κ3) is 4.39. The van der Waals surface area contributed by atoms with Crippen molar-refractivity contribution in [2.75, 3.05) is 27.2 Å². The van der Waals surface area contributed by atoms with Crippen LogP contribution >= 0.6 is 0 Å². The van der Waals surface area contributed by atoms with Crippen LogP contribution in [0.2, 0.25) is 0 Å². The summed E-state index contributed by atoms with van der Waals surface area (Å²) in [6.45, 7) is 5.05. The predicted molar refractivity (Wildman–Crippen MR) is 58.2 cm³/mol.